The van der Waals surface area contributed by atoms with Gasteiger partial charge in [0, 0.05) is 25.6 Å². The van der Waals surface area contributed by atoms with Gasteiger partial charge in [-0.2, -0.15) is 0 Å². The van der Waals surface area contributed by atoms with E-state index in [1.165, 1.54) is 9.47 Å². The first-order valence-electron chi connectivity index (χ1n) is 8.62. The van der Waals surface area contributed by atoms with Crippen molar-refractivity contribution in [3.63, 3.8) is 0 Å². The molecule has 0 fully saturated rings. The van der Waals surface area contributed by atoms with Crippen molar-refractivity contribution in [1.82, 2.24) is 19.8 Å². The number of benzene rings is 1. The number of amides is 2. The molecular weight excluding hydrogens is 352 g/mol. The number of fused-ring (bicyclic) bond motifs is 1. The molecule has 8 heteroatoms. The molecule has 0 saturated heterocycles. The van der Waals surface area contributed by atoms with Crippen LogP contribution in [0.1, 0.15) is 27.2 Å². The molecule has 0 atom stereocenters. The van der Waals surface area contributed by atoms with E-state index in [1.54, 1.807) is 18.2 Å². The summed E-state index contributed by atoms with van der Waals surface area (Å²) in [5.41, 5.74) is 0.448. The van der Waals surface area contributed by atoms with Crippen molar-refractivity contribution in [3.8, 4) is 0 Å². The molecule has 0 unspecified atom stereocenters. The molecule has 26 heavy (non-hydrogen) atoms. The number of nitrogens with zero attached hydrogens (tertiary/aromatic N) is 2. The Bertz CT molecular complexity index is 917. The van der Waals surface area contributed by atoms with Gasteiger partial charge in [-0.3, -0.25) is 19.0 Å². The number of H-pyrrole nitrogens is 1. The minimum atomic E-state index is -0.224. The summed E-state index contributed by atoms with van der Waals surface area (Å²) in [6, 6.07) is 7.12. The molecule has 140 valence electrons. The van der Waals surface area contributed by atoms with Crippen LogP contribution in [-0.4, -0.2) is 45.4 Å². The molecule has 1 heterocycles. The smallest absolute Gasteiger partial charge is 0.262 e. The molecule has 2 rings (SSSR count). The third-order valence-electron chi connectivity index (χ3n) is 3.96. The standard InChI is InChI=1S/C18H24N4O3S/c1-4-21(11-15(23)19-12(2)3)16(24)9-10-22-17(25)13-7-5-6-8-14(13)20-18(22)26/h5-8,12H,4,9-11H2,1-3H3,(H,19,23)(H,20,26). The average molecular weight is 376 g/mol. The maximum Gasteiger partial charge on any atom is 0.262 e. The van der Waals surface area contributed by atoms with Gasteiger partial charge in [-0.25, -0.2) is 0 Å². The minimum Gasteiger partial charge on any atom is -0.352 e. The van der Waals surface area contributed by atoms with Gasteiger partial charge in [-0.05, 0) is 45.1 Å². The summed E-state index contributed by atoms with van der Waals surface area (Å²) in [4.78, 5) is 41.4. The van der Waals surface area contributed by atoms with Gasteiger partial charge >= 0.3 is 0 Å². The van der Waals surface area contributed by atoms with Crippen molar-refractivity contribution in [1.29, 1.82) is 0 Å². The highest BCUT2D eigenvalue weighted by Gasteiger charge is 2.16. The van der Waals surface area contributed by atoms with Gasteiger partial charge < -0.3 is 15.2 Å². The fourth-order valence-corrected chi connectivity index (χ4v) is 2.97. The van der Waals surface area contributed by atoms with Gasteiger partial charge in [0.05, 0.1) is 17.4 Å². The van der Waals surface area contributed by atoms with Gasteiger partial charge in [0.1, 0.15) is 0 Å². The number of likely N-dealkylation sites (N-methyl/N-ethyl adjacent to an activating group) is 1. The molecule has 0 radical (unpaired) electrons. The topological polar surface area (TPSA) is 87.2 Å². The summed E-state index contributed by atoms with van der Waals surface area (Å²) >= 11 is 5.25. The molecule has 0 bridgehead atoms. The summed E-state index contributed by atoms with van der Waals surface area (Å²) in [5, 5.41) is 3.29. The van der Waals surface area contributed by atoms with Gasteiger partial charge in [0.25, 0.3) is 5.56 Å². The van der Waals surface area contributed by atoms with Crippen LogP contribution >= 0.6 is 12.2 Å². The number of nitrogens with one attached hydrogen (secondary N) is 2. The highest BCUT2D eigenvalue weighted by Crippen LogP contribution is 2.06. The summed E-state index contributed by atoms with van der Waals surface area (Å²) < 4.78 is 1.67. The molecule has 2 aromatic rings. The van der Waals surface area contributed by atoms with Crippen LogP contribution in [0.3, 0.4) is 0 Å². The van der Waals surface area contributed by atoms with Gasteiger partial charge in [-0.1, -0.05) is 12.1 Å². The predicted molar refractivity (Wildman–Crippen MR) is 104 cm³/mol. The second kappa shape index (κ2) is 8.75. The molecule has 1 aromatic carbocycles. The molecule has 2 amide bonds. The van der Waals surface area contributed by atoms with Crippen LogP contribution in [0, 0.1) is 4.77 Å². The largest absolute Gasteiger partial charge is 0.352 e. The number of carbonyl (C=O) groups excluding carboxylic acids is 2. The Morgan fingerprint density at radius 2 is 2.00 bits per heavy atom. The second-order valence-corrected chi connectivity index (χ2v) is 6.70. The summed E-state index contributed by atoms with van der Waals surface area (Å²) in [7, 11) is 0. The Morgan fingerprint density at radius 3 is 2.65 bits per heavy atom. The predicted octanol–water partition coefficient (Wildman–Crippen LogP) is 1.82. The van der Waals surface area contributed by atoms with Crippen molar-refractivity contribution < 1.29 is 9.59 Å². The van der Waals surface area contributed by atoms with Crippen molar-refractivity contribution in [2.45, 2.75) is 39.8 Å². The van der Waals surface area contributed by atoms with E-state index in [-0.39, 0.29) is 47.7 Å². The summed E-state index contributed by atoms with van der Waals surface area (Å²) in [6.07, 6.45) is 0.0958. The van der Waals surface area contributed by atoms with Crippen LogP contribution in [0.25, 0.3) is 10.9 Å². The van der Waals surface area contributed by atoms with Crippen LogP contribution in [0.4, 0.5) is 0 Å². The van der Waals surface area contributed by atoms with Crippen LogP contribution in [0.15, 0.2) is 29.1 Å². The first-order valence-corrected chi connectivity index (χ1v) is 9.03. The monoisotopic (exact) mass is 376 g/mol. The van der Waals surface area contributed by atoms with Crippen molar-refractivity contribution >= 4 is 34.9 Å². The molecule has 0 spiro atoms. The number of carbonyl (C=O) groups is 2. The fourth-order valence-electron chi connectivity index (χ4n) is 2.68. The van der Waals surface area contributed by atoms with Gasteiger partial charge in [0.15, 0.2) is 4.77 Å². The Labute approximate surface area is 157 Å². The van der Waals surface area contributed by atoms with E-state index in [4.69, 9.17) is 12.2 Å². The number of aromatic amines is 1. The van der Waals surface area contributed by atoms with Crippen molar-refractivity contribution in [3.05, 3.63) is 39.4 Å². The highest BCUT2D eigenvalue weighted by atomic mass is 32.1. The van der Waals surface area contributed by atoms with Crippen LogP contribution < -0.4 is 10.9 Å². The highest BCUT2D eigenvalue weighted by molar-refractivity contribution is 7.71. The zero-order valence-electron chi connectivity index (χ0n) is 15.2. The molecule has 0 aliphatic heterocycles. The molecule has 7 nitrogen and oxygen atoms in total. The maximum atomic E-state index is 12.6. The third kappa shape index (κ3) is 4.78. The van der Waals surface area contributed by atoms with Gasteiger partial charge in [-0.15, -0.1) is 0 Å². The lowest BCUT2D eigenvalue weighted by molar-refractivity contribution is -0.136. The number of para-hydroxylation sites is 1. The van der Waals surface area contributed by atoms with E-state index >= 15 is 0 Å². The second-order valence-electron chi connectivity index (χ2n) is 6.31. The minimum absolute atomic E-state index is 0.00693. The number of hydrogen-bond donors (Lipinski definition) is 2. The van der Waals surface area contributed by atoms with E-state index in [9.17, 15) is 14.4 Å². The Hall–Kier alpha value is -2.48. The zero-order chi connectivity index (χ0) is 19.3. The lowest BCUT2D eigenvalue weighted by Gasteiger charge is -2.21. The number of hydrogen-bond acceptors (Lipinski definition) is 4. The molecule has 2 N–H and O–H groups in total. The molecule has 1 aromatic heterocycles. The molecule has 0 aliphatic carbocycles. The van der Waals surface area contributed by atoms with E-state index in [0.29, 0.717) is 17.4 Å². The quantitative estimate of drug-likeness (QED) is 0.722. The van der Waals surface area contributed by atoms with Gasteiger partial charge in [0.2, 0.25) is 11.8 Å². The number of rotatable bonds is 7. The van der Waals surface area contributed by atoms with Crippen molar-refractivity contribution in [2.24, 2.45) is 0 Å². The van der Waals surface area contributed by atoms with E-state index < -0.39 is 0 Å². The third-order valence-corrected chi connectivity index (χ3v) is 4.28. The maximum absolute atomic E-state index is 12.6. The molecule has 0 saturated carbocycles. The molecular formula is C18H24N4O3S. The first kappa shape index (κ1) is 19.8. The average Bonchev–Trinajstić information content (AvgIpc) is 2.58. The van der Waals surface area contributed by atoms with Crippen molar-refractivity contribution in [2.75, 3.05) is 13.1 Å². The van der Waals surface area contributed by atoms with E-state index in [1.807, 2.05) is 26.8 Å². The first-order chi connectivity index (χ1) is 12.3. The normalized spacial score (nSPS) is 10.9. The number of aromatic nitrogens is 2. The lowest BCUT2D eigenvalue weighted by atomic mass is 10.2. The van der Waals surface area contributed by atoms with E-state index in [0.717, 1.165) is 0 Å². The van der Waals surface area contributed by atoms with E-state index in [2.05, 4.69) is 10.3 Å². The lowest BCUT2D eigenvalue weighted by Crippen LogP contribution is -2.43. The Morgan fingerprint density at radius 1 is 1.31 bits per heavy atom. The van der Waals surface area contributed by atoms with Crippen LogP contribution in [0.2, 0.25) is 0 Å². The molecule has 0 aliphatic rings. The zero-order valence-corrected chi connectivity index (χ0v) is 16.1. The van der Waals surface area contributed by atoms with Crippen LogP contribution in [-0.2, 0) is 16.1 Å². The SMILES string of the molecule is CCN(CC(=O)NC(C)C)C(=O)CCn1c(=S)[nH]c2ccccc2c1=O. The Kier molecular flexibility index (Phi) is 6.68. The Balaban J connectivity index is 2.11. The fraction of sp³-hybridized carbons (Fsp3) is 0.444. The summed E-state index contributed by atoms with van der Waals surface area (Å²) in [5.74, 6) is -0.392. The summed E-state index contributed by atoms with van der Waals surface area (Å²) in [6.45, 7) is 6.14. The van der Waals surface area contributed by atoms with Crippen LogP contribution in [0.5, 0.6) is 0 Å².